The number of rotatable bonds is 4. The summed E-state index contributed by atoms with van der Waals surface area (Å²) in [5.41, 5.74) is 5.78. The number of sulfonamides is 1. The Balaban J connectivity index is 2.31. The number of hydrogen-bond donors (Lipinski definition) is 2. The molecule has 0 spiro atoms. The van der Waals surface area contributed by atoms with Crippen molar-refractivity contribution in [2.24, 2.45) is 5.73 Å². The Bertz CT molecular complexity index is 588. The number of nitrogens with zero attached hydrogens (tertiary/aromatic N) is 2. The lowest BCUT2D eigenvalue weighted by Gasteiger charge is -2.33. The first-order valence-electron chi connectivity index (χ1n) is 5.93. The molecule has 110 valence electrons. The summed E-state index contributed by atoms with van der Waals surface area (Å²) in [4.78, 5) is 4.07. The highest BCUT2D eigenvalue weighted by atomic mass is 32.2. The second kappa shape index (κ2) is 6.10. The van der Waals surface area contributed by atoms with Crippen LogP contribution in [0.5, 0.6) is 0 Å². The Kier molecular flexibility index (Phi) is 4.66. The first kappa shape index (κ1) is 15.3. The van der Waals surface area contributed by atoms with E-state index in [-0.39, 0.29) is 29.6 Å². The number of thiocarbonyl (C=S) groups is 1. The summed E-state index contributed by atoms with van der Waals surface area (Å²) in [5.74, 6) is 0. The summed E-state index contributed by atoms with van der Waals surface area (Å²) in [6, 6.07) is 2.29. The highest BCUT2D eigenvalue weighted by molar-refractivity contribution is 7.89. The van der Waals surface area contributed by atoms with Crippen LogP contribution in [0.1, 0.15) is 5.69 Å². The van der Waals surface area contributed by atoms with Crippen LogP contribution in [0.4, 0.5) is 0 Å². The molecule has 1 aromatic rings. The maximum atomic E-state index is 12.5. The molecule has 0 amide bonds. The smallest absolute Gasteiger partial charge is 0.245 e. The second-order valence-corrected chi connectivity index (χ2v) is 6.60. The number of aromatic nitrogens is 1. The van der Waals surface area contributed by atoms with Crippen LogP contribution in [0.15, 0.2) is 23.2 Å². The van der Waals surface area contributed by atoms with Gasteiger partial charge in [0.2, 0.25) is 10.0 Å². The zero-order valence-electron chi connectivity index (χ0n) is 10.6. The Labute approximate surface area is 122 Å². The molecule has 0 aromatic carbocycles. The summed E-state index contributed by atoms with van der Waals surface area (Å²) in [6.07, 6.45) is 1.22. The van der Waals surface area contributed by atoms with E-state index in [0.29, 0.717) is 12.3 Å². The molecule has 0 radical (unpaired) electrons. The van der Waals surface area contributed by atoms with Crippen LogP contribution in [-0.2, 0) is 14.8 Å². The number of aliphatic hydroxyl groups excluding tert-OH is 1. The molecule has 1 aromatic heterocycles. The van der Waals surface area contributed by atoms with Gasteiger partial charge in [-0.15, -0.1) is 0 Å². The Hall–Kier alpha value is -1.13. The van der Waals surface area contributed by atoms with Crippen molar-refractivity contribution < 1.29 is 18.3 Å². The Morgan fingerprint density at radius 1 is 1.60 bits per heavy atom. The monoisotopic (exact) mass is 317 g/mol. The third kappa shape index (κ3) is 2.96. The van der Waals surface area contributed by atoms with Crippen LogP contribution in [0.3, 0.4) is 0 Å². The highest BCUT2D eigenvalue weighted by Crippen LogP contribution is 2.20. The predicted molar refractivity (Wildman–Crippen MR) is 75.7 cm³/mol. The zero-order valence-corrected chi connectivity index (χ0v) is 12.2. The Morgan fingerprint density at radius 2 is 2.35 bits per heavy atom. The van der Waals surface area contributed by atoms with Crippen molar-refractivity contribution in [2.75, 3.05) is 26.4 Å². The van der Waals surface area contributed by atoms with Crippen molar-refractivity contribution in [3.8, 4) is 0 Å². The highest BCUT2D eigenvalue weighted by Gasteiger charge is 2.33. The third-order valence-electron chi connectivity index (χ3n) is 2.98. The van der Waals surface area contributed by atoms with Crippen molar-refractivity contribution in [1.29, 1.82) is 0 Å². The van der Waals surface area contributed by atoms with Gasteiger partial charge in [0.25, 0.3) is 0 Å². The van der Waals surface area contributed by atoms with Crippen molar-refractivity contribution in [1.82, 2.24) is 9.29 Å². The molecular formula is C11H15N3O4S2. The first-order chi connectivity index (χ1) is 9.46. The van der Waals surface area contributed by atoms with Gasteiger partial charge in [-0.2, -0.15) is 4.31 Å². The van der Waals surface area contributed by atoms with Gasteiger partial charge in [0.15, 0.2) is 0 Å². The van der Waals surface area contributed by atoms with E-state index in [1.54, 1.807) is 0 Å². The normalized spacial score (nSPS) is 20.8. The van der Waals surface area contributed by atoms with Crippen molar-refractivity contribution in [2.45, 2.75) is 10.9 Å². The van der Waals surface area contributed by atoms with Crippen LogP contribution in [0, 0.1) is 0 Å². The maximum Gasteiger partial charge on any atom is 0.245 e. The van der Waals surface area contributed by atoms with Gasteiger partial charge >= 0.3 is 0 Å². The van der Waals surface area contributed by atoms with Gasteiger partial charge in [-0.3, -0.25) is 4.98 Å². The standard InChI is InChI=1S/C11H15N3O4S2/c12-11(19)10-2-1-9(5-13-10)20(16,17)14-3-4-18-7-8(14)6-15/h1-2,5,8,15H,3-4,6-7H2,(H2,12,19). The summed E-state index contributed by atoms with van der Waals surface area (Å²) in [7, 11) is -3.72. The lowest BCUT2D eigenvalue weighted by atomic mass is 10.3. The van der Waals surface area contributed by atoms with E-state index in [9.17, 15) is 13.5 Å². The molecule has 9 heteroatoms. The first-order valence-corrected chi connectivity index (χ1v) is 7.78. The lowest BCUT2D eigenvalue weighted by Crippen LogP contribution is -2.50. The largest absolute Gasteiger partial charge is 0.395 e. The van der Waals surface area contributed by atoms with Gasteiger partial charge < -0.3 is 15.6 Å². The summed E-state index contributed by atoms with van der Waals surface area (Å²) in [5, 5.41) is 9.25. The van der Waals surface area contributed by atoms with E-state index < -0.39 is 16.1 Å². The van der Waals surface area contributed by atoms with Crippen LogP contribution >= 0.6 is 12.2 Å². The molecule has 7 nitrogen and oxygen atoms in total. The number of ether oxygens (including phenoxy) is 1. The third-order valence-corrected chi connectivity index (χ3v) is 5.12. The molecule has 2 rings (SSSR count). The minimum Gasteiger partial charge on any atom is -0.395 e. The fourth-order valence-electron chi connectivity index (χ4n) is 1.91. The van der Waals surface area contributed by atoms with E-state index in [1.165, 1.54) is 22.6 Å². The van der Waals surface area contributed by atoms with Gasteiger partial charge in [0.1, 0.15) is 9.88 Å². The van der Waals surface area contributed by atoms with Crippen LogP contribution in [-0.4, -0.2) is 60.2 Å². The molecule has 2 heterocycles. The number of pyridine rings is 1. The van der Waals surface area contributed by atoms with Crippen molar-refractivity contribution >= 4 is 27.2 Å². The molecule has 0 bridgehead atoms. The summed E-state index contributed by atoms with van der Waals surface area (Å²) in [6.45, 7) is 0.379. The maximum absolute atomic E-state index is 12.5. The van der Waals surface area contributed by atoms with Gasteiger partial charge in [-0.1, -0.05) is 12.2 Å². The van der Waals surface area contributed by atoms with Crippen LogP contribution < -0.4 is 5.73 Å². The Morgan fingerprint density at radius 3 is 2.90 bits per heavy atom. The predicted octanol–water partition coefficient (Wildman–Crippen LogP) is -0.902. The summed E-state index contributed by atoms with van der Waals surface area (Å²) < 4.78 is 31.4. The molecule has 1 atom stereocenters. The average molecular weight is 317 g/mol. The molecule has 0 aliphatic carbocycles. The fraction of sp³-hybridized carbons (Fsp3) is 0.455. The summed E-state index contributed by atoms with van der Waals surface area (Å²) >= 11 is 4.77. The number of aliphatic hydroxyl groups is 1. The number of nitrogens with two attached hydrogens (primary N) is 1. The van der Waals surface area contributed by atoms with E-state index in [1.807, 2.05) is 0 Å². The number of morpholine rings is 1. The average Bonchev–Trinajstić information content (AvgIpc) is 2.47. The van der Waals surface area contributed by atoms with Crippen molar-refractivity contribution in [3.05, 3.63) is 24.0 Å². The topological polar surface area (TPSA) is 106 Å². The van der Waals surface area contributed by atoms with Crippen LogP contribution in [0.25, 0.3) is 0 Å². The molecule has 1 aliphatic heterocycles. The molecule has 1 aliphatic rings. The molecule has 0 saturated carbocycles. The molecule has 20 heavy (non-hydrogen) atoms. The van der Waals surface area contributed by atoms with Gasteiger partial charge in [0, 0.05) is 12.7 Å². The van der Waals surface area contributed by atoms with Gasteiger partial charge in [-0.25, -0.2) is 8.42 Å². The molecule has 3 N–H and O–H groups in total. The fourth-order valence-corrected chi connectivity index (χ4v) is 3.57. The minimum absolute atomic E-state index is 0.0397. The molecule has 1 saturated heterocycles. The lowest BCUT2D eigenvalue weighted by molar-refractivity contribution is 0.0109. The SMILES string of the molecule is NC(=S)c1ccc(S(=O)(=O)N2CCOCC2CO)cn1. The van der Waals surface area contributed by atoms with Crippen molar-refractivity contribution in [3.63, 3.8) is 0 Å². The quantitative estimate of drug-likeness (QED) is 0.693. The zero-order chi connectivity index (χ0) is 14.8. The van der Waals surface area contributed by atoms with Gasteiger partial charge in [-0.05, 0) is 12.1 Å². The van der Waals surface area contributed by atoms with E-state index >= 15 is 0 Å². The minimum atomic E-state index is -3.72. The van der Waals surface area contributed by atoms with Gasteiger partial charge in [0.05, 0.1) is 31.6 Å². The van der Waals surface area contributed by atoms with E-state index in [0.717, 1.165) is 0 Å². The molecule has 1 fully saturated rings. The molecular weight excluding hydrogens is 302 g/mol. The van der Waals surface area contributed by atoms with E-state index in [4.69, 9.17) is 22.7 Å². The van der Waals surface area contributed by atoms with E-state index in [2.05, 4.69) is 4.98 Å². The number of hydrogen-bond acceptors (Lipinski definition) is 6. The van der Waals surface area contributed by atoms with Crippen LogP contribution in [0.2, 0.25) is 0 Å². The second-order valence-electron chi connectivity index (χ2n) is 4.27. The molecule has 1 unspecified atom stereocenters.